The summed E-state index contributed by atoms with van der Waals surface area (Å²) in [4.78, 5) is 5.61. The van der Waals surface area contributed by atoms with E-state index in [4.69, 9.17) is 5.84 Å². The number of hydrogen-bond donors (Lipinski definition) is 2. The van der Waals surface area contributed by atoms with Gasteiger partial charge in [0.05, 0.1) is 22.4 Å². The molecule has 1 unspecified atom stereocenters. The quantitative estimate of drug-likeness (QED) is 0.633. The Morgan fingerprint density at radius 1 is 1.53 bits per heavy atom. The lowest BCUT2D eigenvalue weighted by Crippen LogP contribution is -2.29. The minimum Gasteiger partial charge on any atom is -0.276 e. The van der Waals surface area contributed by atoms with E-state index in [-0.39, 0.29) is 6.04 Å². The van der Waals surface area contributed by atoms with Crippen molar-refractivity contribution >= 4 is 11.3 Å². The van der Waals surface area contributed by atoms with Crippen molar-refractivity contribution in [2.24, 2.45) is 12.9 Å². The summed E-state index contributed by atoms with van der Waals surface area (Å²) >= 11 is 1.68. The molecule has 0 aromatic carbocycles. The first-order valence-corrected chi connectivity index (χ1v) is 6.30. The predicted octanol–water partition coefficient (Wildman–Crippen LogP) is 1.24. The Hall–Kier alpha value is -1.24. The molecule has 0 saturated carbocycles. The molecule has 0 saturated heterocycles. The predicted molar refractivity (Wildman–Crippen MR) is 68.6 cm³/mol. The van der Waals surface area contributed by atoms with Gasteiger partial charge in [0.15, 0.2) is 0 Å². The van der Waals surface area contributed by atoms with E-state index in [1.165, 1.54) is 4.88 Å². The normalized spacial score (nSPS) is 12.9. The van der Waals surface area contributed by atoms with Gasteiger partial charge in [-0.05, 0) is 19.9 Å². The van der Waals surface area contributed by atoms with Gasteiger partial charge in [0, 0.05) is 24.5 Å². The zero-order chi connectivity index (χ0) is 12.4. The van der Waals surface area contributed by atoms with Crippen LogP contribution in [0.4, 0.5) is 0 Å². The molecule has 0 radical (unpaired) electrons. The molecule has 1 atom stereocenters. The lowest BCUT2D eigenvalue weighted by Gasteiger charge is -2.13. The van der Waals surface area contributed by atoms with E-state index in [2.05, 4.69) is 15.5 Å². The van der Waals surface area contributed by atoms with Crippen LogP contribution in [0.2, 0.25) is 0 Å². The highest BCUT2D eigenvalue weighted by molar-refractivity contribution is 7.11. The largest absolute Gasteiger partial charge is 0.276 e. The van der Waals surface area contributed by atoms with Crippen molar-refractivity contribution in [2.45, 2.75) is 26.3 Å². The molecule has 0 spiro atoms. The highest BCUT2D eigenvalue weighted by Crippen LogP contribution is 2.26. The fourth-order valence-corrected chi connectivity index (χ4v) is 2.87. The van der Waals surface area contributed by atoms with E-state index in [0.29, 0.717) is 0 Å². The van der Waals surface area contributed by atoms with Crippen molar-refractivity contribution in [3.63, 3.8) is 0 Å². The van der Waals surface area contributed by atoms with E-state index in [1.807, 2.05) is 33.2 Å². The van der Waals surface area contributed by atoms with Gasteiger partial charge in [-0.3, -0.25) is 16.0 Å². The second-order valence-electron chi connectivity index (χ2n) is 4.09. The first-order valence-electron chi connectivity index (χ1n) is 5.48. The Labute approximate surface area is 105 Å². The van der Waals surface area contributed by atoms with Crippen LogP contribution in [-0.2, 0) is 13.5 Å². The van der Waals surface area contributed by atoms with Crippen molar-refractivity contribution in [3.05, 3.63) is 33.5 Å². The third kappa shape index (κ3) is 2.71. The van der Waals surface area contributed by atoms with Crippen molar-refractivity contribution < 1.29 is 0 Å². The summed E-state index contributed by atoms with van der Waals surface area (Å²) in [5, 5.41) is 5.43. The number of rotatable bonds is 4. The van der Waals surface area contributed by atoms with Crippen LogP contribution in [0.1, 0.15) is 27.3 Å². The van der Waals surface area contributed by atoms with E-state index >= 15 is 0 Å². The number of thiazole rings is 1. The molecular formula is C11H17N5S. The smallest absolute Gasteiger partial charge is 0.0900 e. The molecule has 0 amide bonds. The molecule has 0 aliphatic carbocycles. The van der Waals surface area contributed by atoms with Crippen LogP contribution in [0, 0.1) is 13.8 Å². The molecule has 17 heavy (non-hydrogen) atoms. The Morgan fingerprint density at radius 2 is 2.29 bits per heavy atom. The number of nitrogens with two attached hydrogens (primary N) is 1. The monoisotopic (exact) mass is 251 g/mol. The summed E-state index contributed by atoms with van der Waals surface area (Å²) in [6, 6.07) is 2.09. The summed E-state index contributed by atoms with van der Waals surface area (Å²) < 4.78 is 1.80. The van der Waals surface area contributed by atoms with Crippen molar-refractivity contribution in [1.29, 1.82) is 0 Å². The lowest BCUT2D eigenvalue weighted by molar-refractivity contribution is 0.546. The van der Waals surface area contributed by atoms with Crippen LogP contribution in [0.25, 0.3) is 0 Å². The van der Waals surface area contributed by atoms with Crippen molar-refractivity contribution in [1.82, 2.24) is 20.2 Å². The number of nitrogens with one attached hydrogen (secondary N) is 1. The van der Waals surface area contributed by atoms with Crippen molar-refractivity contribution in [3.8, 4) is 0 Å². The number of hydrogen-bond acceptors (Lipinski definition) is 5. The zero-order valence-electron chi connectivity index (χ0n) is 10.3. The molecule has 92 valence electrons. The fourth-order valence-electron chi connectivity index (χ4n) is 1.88. The maximum absolute atomic E-state index is 5.63. The summed E-state index contributed by atoms with van der Waals surface area (Å²) in [7, 11) is 1.91. The summed E-state index contributed by atoms with van der Waals surface area (Å²) in [6.07, 6.45) is 2.72. The van der Waals surface area contributed by atoms with Gasteiger partial charge in [0.2, 0.25) is 0 Å². The van der Waals surface area contributed by atoms with Gasteiger partial charge < -0.3 is 0 Å². The average Bonchev–Trinajstić information content (AvgIpc) is 2.82. The number of aryl methyl sites for hydroxylation is 3. The Balaban J connectivity index is 2.19. The van der Waals surface area contributed by atoms with E-state index < -0.39 is 0 Å². The highest BCUT2D eigenvalue weighted by atomic mass is 32.1. The molecule has 6 heteroatoms. The minimum atomic E-state index is 0.0797. The molecule has 2 rings (SSSR count). The third-order valence-corrected chi connectivity index (χ3v) is 3.83. The molecular weight excluding hydrogens is 234 g/mol. The highest BCUT2D eigenvalue weighted by Gasteiger charge is 2.17. The van der Waals surface area contributed by atoms with Crippen LogP contribution >= 0.6 is 11.3 Å². The van der Waals surface area contributed by atoms with Crippen LogP contribution in [0.3, 0.4) is 0 Å². The van der Waals surface area contributed by atoms with Gasteiger partial charge in [-0.2, -0.15) is 5.10 Å². The van der Waals surface area contributed by atoms with Crippen LogP contribution in [0.15, 0.2) is 12.3 Å². The SMILES string of the molecule is Cc1nc(C)c(C(Cc2ccn(C)n2)NN)s1. The summed E-state index contributed by atoms with van der Waals surface area (Å²) in [6.45, 7) is 4.02. The van der Waals surface area contributed by atoms with Gasteiger partial charge in [0.25, 0.3) is 0 Å². The second kappa shape index (κ2) is 4.95. The second-order valence-corrected chi connectivity index (χ2v) is 5.32. The molecule has 2 aromatic heterocycles. The van der Waals surface area contributed by atoms with Gasteiger partial charge in [-0.1, -0.05) is 0 Å². The van der Waals surface area contributed by atoms with Crippen LogP contribution in [0.5, 0.6) is 0 Å². The first kappa shape index (κ1) is 12.2. The molecule has 0 fully saturated rings. The molecule has 0 aliphatic rings. The number of aromatic nitrogens is 3. The standard InChI is InChI=1S/C11H17N5S/c1-7-11(17-8(2)13-7)10(14-12)6-9-4-5-16(3)15-9/h4-5,10,14H,6,12H2,1-3H3. The van der Waals surface area contributed by atoms with Gasteiger partial charge in [0.1, 0.15) is 0 Å². The van der Waals surface area contributed by atoms with E-state index in [9.17, 15) is 0 Å². The molecule has 2 heterocycles. The van der Waals surface area contributed by atoms with Crippen molar-refractivity contribution in [2.75, 3.05) is 0 Å². The molecule has 3 N–H and O–H groups in total. The zero-order valence-corrected chi connectivity index (χ0v) is 11.1. The van der Waals surface area contributed by atoms with Crippen LogP contribution < -0.4 is 11.3 Å². The fraction of sp³-hybridized carbons (Fsp3) is 0.455. The minimum absolute atomic E-state index is 0.0797. The van der Waals surface area contributed by atoms with E-state index in [0.717, 1.165) is 22.8 Å². The third-order valence-electron chi connectivity index (χ3n) is 2.64. The molecule has 2 aromatic rings. The first-order chi connectivity index (χ1) is 8.10. The van der Waals surface area contributed by atoms with Crippen LogP contribution in [-0.4, -0.2) is 14.8 Å². The number of hydrazine groups is 1. The number of nitrogens with zero attached hydrogens (tertiary/aromatic N) is 3. The van der Waals surface area contributed by atoms with Gasteiger partial charge in [-0.25, -0.2) is 4.98 Å². The molecule has 0 aliphatic heterocycles. The summed E-state index contributed by atoms with van der Waals surface area (Å²) in [5.41, 5.74) is 4.93. The maximum Gasteiger partial charge on any atom is 0.0900 e. The Bertz CT molecular complexity index is 502. The summed E-state index contributed by atoms with van der Waals surface area (Å²) in [5.74, 6) is 5.63. The lowest BCUT2D eigenvalue weighted by atomic mass is 10.1. The maximum atomic E-state index is 5.63. The molecule has 0 bridgehead atoms. The van der Waals surface area contributed by atoms with Gasteiger partial charge >= 0.3 is 0 Å². The topological polar surface area (TPSA) is 68.8 Å². The van der Waals surface area contributed by atoms with Gasteiger partial charge in [-0.15, -0.1) is 11.3 Å². The Morgan fingerprint density at radius 3 is 2.76 bits per heavy atom. The van der Waals surface area contributed by atoms with E-state index in [1.54, 1.807) is 16.0 Å². The average molecular weight is 251 g/mol. The Kier molecular flexibility index (Phi) is 3.56. The molecule has 5 nitrogen and oxygen atoms in total.